The lowest BCUT2D eigenvalue weighted by molar-refractivity contribution is 0.577. The topological polar surface area (TPSA) is 100 Å². The molecule has 0 fully saturated rings. The summed E-state index contributed by atoms with van der Waals surface area (Å²) in [5.41, 5.74) is 8.56. The molecule has 4 heterocycles. The standard InChI is InChI=1S/C18H12Br3N7O/c19-11-7-13(21)12(20)6-9(11)3-4-27-16-10(8-23-27)17-24-15(14-2-1-5-29-14)26-28(17)18(22)25-16/h1-2,5-8H,3-4H2,(H2,22,25). The summed E-state index contributed by atoms with van der Waals surface area (Å²) < 4.78 is 11.7. The minimum absolute atomic E-state index is 0.243. The lowest BCUT2D eigenvalue weighted by Crippen LogP contribution is -2.07. The second-order valence-electron chi connectivity index (χ2n) is 6.33. The maximum atomic E-state index is 6.14. The highest BCUT2D eigenvalue weighted by atomic mass is 79.9. The molecule has 11 heteroatoms. The van der Waals surface area contributed by atoms with Gasteiger partial charge in [-0.2, -0.15) is 14.6 Å². The molecule has 0 saturated carbocycles. The molecule has 0 aliphatic heterocycles. The Morgan fingerprint density at radius 3 is 2.66 bits per heavy atom. The van der Waals surface area contributed by atoms with Crippen molar-refractivity contribution < 1.29 is 4.42 Å². The summed E-state index contributed by atoms with van der Waals surface area (Å²) in [6.45, 7) is 0.637. The average Bonchev–Trinajstić information content (AvgIpc) is 3.42. The Morgan fingerprint density at radius 1 is 1.03 bits per heavy atom. The maximum Gasteiger partial charge on any atom is 0.225 e. The Kier molecular flexibility index (Phi) is 4.67. The summed E-state index contributed by atoms with van der Waals surface area (Å²) in [5.74, 6) is 1.26. The van der Waals surface area contributed by atoms with Gasteiger partial charge in [0.2, 0.25) is 11.8 Å². The summed E-state index contributed by atoms with van der Waals surface area (Å²) in [6.07, 6.45) is 4.08. The van der Waals surface area contributed by atoms with Crippen LogP contribution in [0.1, 0.15) is 5.56 Å². The number of benzene rings is 1. The van der Waals surface area contributed by atoms with Gasteiger partial charge in [-0.15, -0.1) is 5.10 Å². The molecular formula is C18H12Br3N7O. The molecule has 0 amide bonds. The first-order valence-corrected chi connectivity index (χ1v) is 10.9. The quantitative estimate of drug-likeness (QED) is 0.305. The van der Waals surface area contributed by atoms with E-state index in [0.717, 1.165) is 30.8 Å². The number of hydrogen-bond acceptors (Lipinski definition) is 6. The number of nitrogen functional groups attached to an aromatic ring is 1. The van der Waals surface area contributed by atoms with E-state index in [1.807, 2.05) is 10.7 Å². The second kappa shape index (κ2) is 7.22. The van der Waals surface area contributed by atoms with Gasteiger partial charge >= 0.3 is 0 Å². The van der Waals surface area contributed by atoms with Crippen LogP contribution in [-0.4, -0.2) is 29.4 Å². The zero-order chi connectivity index (χ0) is 20.1. The fourth-order valence-corrected chi connectivity index (χ4v) is 4.70. The van der Waals surface area contributed by atoms with Crippen molar-refractivity contribution in [2.45, 2.75) is 13.0 Å². The van der Waals surface area contributed by atoms with Crippen molar-refractivity contribution in [3.05, 3.63) is 55.7 Å². The number of aromatic nitrogens is 6. The molecule has 2 N–H and O–H groups in total. The minimum atomic E-state index is 0.243. The number of aryl methyl sites for hydroxylation is 2. The zero-order valence-corrected chi connectivity index (χ0v) is 19.4. The molecule has 29 heavy (non-hydrogen) atoms. The van der Waals surface area contributed by atoms with Crippen LogP contribution >= 0.6 is 47.8 Å². The van der Waals surface area contributed by atoms with Crippen molar-refractivity contribution in [3.8, 4) is 11.6 Å². The first kappa shape index (κ1) is 18.8. The van der Waals surface area contributed by atoms with E-state index in [-0.39, 0.29) is 5.95 Å². The molecule has 0 bridgehead atoms. The summed E-state index contributed by atoms with van der Waals surface area (Å²) in [5, 5.41) is 9.69. The number of nitrogens with zero attached hydrogens (tertiary/aromatic N) is 6. The van der Waals surface area contributed by atoms with Gasteiger partial charge < -0.3 is 10.2 Å². The first-order valence-electron chi connectivity index (χ1n) is 8.56. The maximum absolute atomic E-state index is 6.14. The van der Waals surface area contributed by atoms with Crippen molar-refractivity contribution in [3.63, 3.8) is 0 Å². The molecular weight excluding hydrogens is 570 g/mol. The molecule has 0 spiro atoms. The normalized spacial score (nSPS) is 11.7. The number of hydrogen-bond donors (Lipinski definition) is 1. The zero-order valence-electron chi connectivity index (χ0n) is 14.7. The van der Waals surface area contributed by atoms with Crippen LogP contribution in [0.25, 0.3) is 28.3 Å². The van der Waals surface area contributed by atoms with Crippen molar-refractivity contribution >= 4 is 70.4 Å². The molecule has 8 nitrogen and oxygen atoms in total. The van der Waals surface area contributed by atoms with Gasteiger partial charge in [-0.3, -0.25) is 0 Å². The van der Waals surface area contributed by atoms with Crippen molar-refractivity contribution in [1.29, 1.82) is 0 Å². The molecule has 0 unspecified atom stereocenters. The summed E-state index contributed by atoms with van der Waals surface area (Å²) >= 11 is 10.7. The summed E-state index contributed by atoms with van der Waals surface area (Å²) in [7, 11) is 0. The SMILES string of the molecule is Nc1nc2c(cnn2CCc2cc(Br)c(Br)cc2Br)c2nc(-c3ccco3)nn12. The molecule has 0 saturated heterocycles. The Morgan fingerprint density at radius 2 is 1.86 bits per heavy atom. The summed E-state index contributed by atoms with van der Waals surface area (Å²) in [6, 6.07) is 7.68. The van der Waals surface area contributed by atoms with Crippen molar-refractivity contribution in [1.82, 2.24) is 29.4 Å². The van der Waals surface area contributed by atoms with Crippen LogP contribution in [0.15, 0.2) is 54.6 Å². The van der Waals surface area contributed by atoms with Crippen LogP contribution in [0.4, 0.5) is 5.95 Å². The average molecular weight is 582 g/mol. The molecule has 146 valence electrons. The van der Waals surface area contributed by atoms with E-state index >= 15 is 0 Å². The third-order valence-corrected chi connectivity index (χ3v) is 7.10. The predicted molar refractivity (Wildman–Crippen MR) is 119 cm³/mol. The highest BCUT2D eigenvalue weighted by molar-refractivity contribution is 9.13. The van der Waals surface area contributed by atoms with Gasteiger partial charge in [0, 0.05) is 20.0 Å². The van der Waals surface area contributed by atoms with Crippen LogP contribution in [0.5, 0.6) is 0 Å². The van der Waals surface area contributed by atoms with Crippen LogP contribution in [-0.2, 0) is 13.0 Å². The van der Waals surface area contributed by atoms with E-state index in [0.29, 0.717) is 29.4 Å². The Bertz CT molecular complexity index is 1360. The van der Waals surface area contributed by atoms with Gasteiger partial charge in [-0.1, -0.05) is 15.9 Å². The molecule has 0 aliphatic rings. The molecule has 0 radical (unpaired) electrons. The van der Waals surface area contributed by atoms with Crippen LogP contribution < -0.4 is 5.73 Å². The van der Waals surface area contributed by atoms with Gasteiger partial charge in [0.25, 0.3) is 0 Å². The largest absolute Gasteiger partial charge is 0.461 e. The van der Waals surface area contributed by atoms with E-state index in [9.17, 15) is 0 Å². The number of fused-ring (bicyclic) bond motifs is 3. The highest BCUT2D eigenvalue weighted by Crippen LogP contribution is 2.30. The smallest absolute Gasteiger partial charge is 0.225 e. The van der Waals surface area contributed by atoms with E-state index in [1.165, 1.54) is 4.52 Å². The monoisotopic (exact) mass is 579 g/mol. The van der Waals surface area contributed by atoms with Gasteiger partial charge in [-0.05, 0) is 68.1 Å². The first-order chi connectivity index (χ1) is 14.0. The Hall–Kier alpha value is -2.24. The van der Waals surface area contributed by atoms with Gasteiger partial charge in [0.05, 0.1) is 17.8 Å². The third kappa shape index (κ3) is 3.26. The molecule has 1 aromatic carbocycles. The van der Waals surface area contributed by atoms with Gasteiger partial charge in [-0.25, -0.2) is 9.67 Å². The van der Waals surface area contributed by atoms with E-state index < -0.39 is 0 Å². The predicted octanol–water partition coefficient (Wildman–Crippen LogP) is 4.85. The van der Waals surface area contributed by atoms with Crippen molar-refractivity contribution in [2.24, 2.45) is 0 Å². The van der Waals surface area contributed by atoms with E-state index in [4.69, 9.17) is 10.2 Å². The van der Waals surface area contributed by atoms with Crippen LogP contribution in [0.3, 0.4) is 0 Å². The summed E-state index contributed by atoms with van der Waals surface area (Å²) in [4.78, 5) is 9.08. The molecule has 4 aromatic heterocycles. The number of rotatable bonds is 4. The molecule has 0 atom stereocenters. The second-order valence-corrected chi connectivity index (χ2v) is 8.89. The third-order valence-electron chi connectivity index (χ3n) is 4.52. The Balaban J connectivity index is 1.53. The van der Waals surface area contributed by atoms with E-state index in [1.54, 1.807) is 24.6 Å². The lowest BCUT2D eigenvalue weighted by atomic mass is 10.1. The van der Waals surface area contributed by atoms with E-state index in [2.05, 4.69) is 74.0 Å². The fourth-order valence-electron chi connectivity index (χ4n) is 3.11. The van der Waals surface area contributed by atoms with Crippen LogP contribution in [0, 0.1) is 0 Å². The van der Waals surface area contributed by atoms with Gasteiger partial charge in [0.1, 0.15) is 0 Å². The van der Waals surface area contributed by atoms with Gasteiger partial charge in [0.15, 0.2) is 17.1 Å². The van der Waals surface area contributed by atoms with Crippen LogP contribution in [0.2, 0.25) is 0 Å². The number of anilines is 1. The number of halogens is 3. The molecule has 5 rings (SSSR count). The highest BCUT2D eigenvalue weighted by Gasteiger charge is 2.17. The number of furan rings is 1. The minimum Gasteiger partial charge on any atom is -0.461 e. The number of nitrogens with two attached hydrogens (primary N) is 1. The lowest BCUT2D eigenvalue weighted by Gasteiger charge is -2.08. The van der Waals surface area contributed by atoms with Crippen molar-refractivity contribution in [2.75, 3.05) is 5.73 Å². The molecule has 5 aromatic rings. The molecule has 0 aliphatic carbocycles. The Labute approximate surface area is 189 Å². The fraction of sp³-hybridized carbons (Fsp3) is 0.111.